The molecule has 1 aliphatic rings. The summed E-state index contributed by atoms with van der Waals surface area (Å²) in [6.07, 6.45) is 2.16. The third kappa shape index (κ3) is 1.55. The summed E-state index contributed by atoms with van der Waals surface area (Å²) >= 11 is 0. The summed E-state index contributed by atoms with van der Waals surface area (Å²) in [7, 11) is 0. The molecule has 1 aromatic rings. The molecule has 0 saturated heterocycles. The van der Waals surface area contributed by atoms with E-state index in [9.17, 15) is 5.11 Å². The van der Waals surface area contributed by atoms with Gasteiger partial charge in [-0.1, -0.05) is 38.1 Å². The molecule has 0 aliphatic heterocycles. The fourth-order valence-corrected chi connectivity index (χ4v) is 2.80. The van der Waals surface area contributed by atoms with Gasteiger partial charge in [0, 0.05) is 11.0 Å². The van der Waals surface area contributed by atoms with E-state index in [1.165, 1.54) is 5.57 Å². The Kier molecular flexibility index (Phi) is 2.57. The normalized spacial score (nSPS) is 29.7. The van der Waals surface area contributed by atoms with Gasteiger partial charge in [0.05, 0.1) is 0 Å². The van der Waals surface area contributed by atoms with Crippen LogP contribution >= 0.6 is 0 Å². The highest BCUT2D eigenvalue weighted by Crippen LogP contribution is 2.49. The van der Waals surface area contributed by atoms with Crippen molar-refractivity contribution in [1.29, 1.82) is 0 Å². The lowest BCUT2D eigenvalue weighted by Gasteiger charge is -2.30. The minimum atomic E-state index is 0.0505. The zero-order valence-corrected chi connectivity index (χ0v) is 10.4. The van der Waals surface area contributed by atoms with Crippen LogP contribution in [0.5, 0.6) is 5.75 Å². The molecule has 1 aliphatic carbocycles. The smallest absolute Gasteiger partial charge is 0.119 e. The molecule has 1 saturated carbocycles. The van der Waals surface area contributed by atoms with Gasteiger partial charge in [-0.3, -0.25) is 0 Å². The molecular weight excluding hydrogens is 196 g/mol. The molecule has 1 heteroatoms. The van der Waals surface area contributed by atoms with Crippen molar-refractivity contribution in [2.75, 3.05) is 0 Å². The first-order valence-corrected chi connectivity index (χ1v) is 5.93. The number of rotatable bonds is 1. The van der Waals surface area contributed by atoms with Gasteiger partial charge in [-0.05, 0) is 37.3 Å². The molecule has 2 unspecified atom stereocenters. The van der Waals surface area contributed by atoms with Crippen LogP contribution in [0.25, 0.3) is 0 Å². The van der Waals surface area contributed by atoms with Crippen molar-refractivity contribution in [3.05, 3.63) is 41.5 Å². The van der Waals surface area contributed by atoms with Crippen LogP contribution in [0.2, 0.25) is 0 Å². The van der Waals surface area contributed by atoms with E-state index in [1.54, 1.807) is 0 Å². The molecule has 2 atom stereocenters. The van der Waals surface area contributed by atoms with Crippen LogP contribution in [-0.2, 0) is 5.41 Å². The van der Waals surface area contributed by atoms with E-state index >= 15 is 0 Å². The maximum Gasteiger partial charge on any atom is 0.119 e. The van der Waals surface area contributed by atoms with Gasteiger partial charge in [0.25, 0.3) is 0 Å². The number of benzene rings is 1. The Morgan fingerprint density at radius 3 is 2.62 bits per heavy atom. The predicted molar refractivity (Wildman–Crippen MR) is 67.7 cm³/mol. The second kappa shape index (κ2) is 3.65. The highest BCUT2D eigenvalue weighted by Gasteiger charge is 2.40. The zero-order chi connectivity index (χ0) is 11.9. The Hall–Kier alpha value is -1.24. The lowest BCUT2D eigenvalue weighted by molar-refractivity contribution is 0.370. The number of phenols is 1. The fourth-order valence-electron chi connectivity index (χ4n) is 2.80. The first-order valence-electron chi connectivity index (χ1n) is 5.93. The number of hydrogen-bond donors (Lipinski definition) is 1. The summed E-state index contributed by atoms with van der Waals surface area (Å²) in [5.74, 6) is 0.880. The van der Waals surface area contributed by atoms with Crippen LogP contribution in [0.15, 0.2) is 30.4 Å². The minimum absolute atomic E-state index is 0.0505. The van der Waals surface area contributed by atoms with Gasteiger partial charge >= 0.3 is 0 Å². The van der Waals surface area contributed by atoms with Gasteiger partial charge in [0.1, 0.15) is 5.75 Å². The van der Waals surface area contributed by atoms with Gasteiger partial charge < -0.3 is 5.11 Å². The van der Waals surface area contributed by atoms with Crippen molar-refractivity contribution >= 4 is 0 Å². The number of allylic oxidation sites excluding steroid dienone is 1. The minimum Gasteiger partial charge on any atom is -0.508 e. The van der Waals surface area contributed by atoms with Gasteiger partial charge in [0.15, 0.2) is 0 Å². The van der Waals surface area contributed by atoms with E-state index in [-0.39, 0.29) is 5.41 Å². The largest absolute Gasteiger partial charge is 0.508 e. The van der Waals surface area contributed by atoms with Crippen LogP contribution in [0, 0.1) is 12.8 Å². The van der Waals surface area contributed by atoms with E-state index in [4.69, 9.17) is 0 Å². The van der Waals surface area contributed by atoms with E-state index < -0.39 is 0 Å². The Balaban J connectivity index is 2.48. The average Bonchev–Trinajstić information content (AvgIpc) is 2.47. The summed E-state index contributed by atoms with van der Waals surface area (Å²) in [6, 6.07) is 6.00. The van der Waals surface area contributed by atoms with Gasteiger partial charge in [-0.15, -0.1) is 0 Å². The summed E-state index contributed by atoms with van der Waals surface area (Å²) in [5.41, 5.74) is 3.54. The molecule has 2 rings (SSSR count). The Morgan fingerprint density at radius 1 is 1.44 bits per heavy atom. The van der Waals surface area contributed by atoms with Gasteiger partial charge in [-0.25, -0.2) is 0 Å². The molecule has 0 aromatic heterocycles. The van der Waals surface area contributed by atoms with Crippen molar-refractivity contribution in [2.24, 2.45) is 5.92 Å². The lowest BCUT2D eigenvalue weighted by Crippen LogP contribution is -2.25. The van der Waals surface area contributed by atoms with Gasteiger partial charge in [-0.2, -0.15) is 0 Å². The van der Waals surface area contributed by atoms with E-state index in [2.05, 4.69) is 32.6 Å². The van der Waals surface area contributed by atoms with Crippen molar-refractivity contribution in [1.82, 2.24) is 0 Å². The highest BCUT2D eigenvalue weighted by molar-refractivity contribution is 5.44. The van der Waals surface area contributed by atoms with Crippen LogP contribution in [0.4, 0.5) is 0 Å². The van der Waals surface area contributed by atoms with Crippen molar-refractivity contribution < 1.29 is 5.11 Å². The lowest BCUT2D eigenvalue weighted by atomic mass is 9.73. The quantitative estimate of drug-likeness (QED) is 0.705. The molecule has 0 amide bonds. The SMILES string of the molecule is C=C1CCC(C)(c2ccc(C)cc2O)C1C. The predicted octanol–water partition coefficient (Wildman–Crippen LogP) is 3.94. The summed E-state index contributed by atoms with van der Waals surface area (Å²) < 4.78 is 0. The first kappa shape index (κ1) is 11.3. The van der Waals surface area contributed by atoms with Crippen LogP contribution in [-0.4, -0.2) is 5.11 Å². The molecule has 0 spiro atoms. The summed E-state index contributed by atoms with van der Waals surface area (Å²) in [6.45, 7) is 10.6. The topological polar surface area (TPSA) is 20.2 Å². The number of aromatic hydroxyl groups is 1. The van der Waals surface area contributed by atoms with Crippen LogP contribution < -0.4 is 0 Å². The molecule has 16 heavy (non-hydrogen) atoms. The summed E-state index contributed by atoms with van der Waals surface area (Å²) in [5, 5.41) is 10.1. The Morgan fingerprint density at radius 2 is 2.12 bits per heavy atom. The van der Waals surface area contributed by atoms with Crippen molar-refractivity contribution in [3.63, 3.8) is 0 Å². The molecule has 1 nitrogen and oxygen atoms in total. The zero-order valence-electron chi connectivity index (χ0n) is 10.4. The molecular formula is C15H20O. The van der Waals surface area contributed by atoms with Crippen molar-refractivity contribution in [2.45, 2.75) is 39.0 Å². The molecule has 86 valence electrons. The van der Waals surface area contributed by atoms with Crippen molar-refractivity contribution in [3.8, 4) is 5.75 Å². The maximum absolute atomic E-state index is 10.1. The monoisotopic (exact) mass is 216 g/mol. The molecule has 0 radical (unpaired) electrons. The standard InChI is InChI=1S/C15H20O/c1-10-5-6-13(14(16)9-10)15(4)8-7-11(2)12(15)3/h5-6,9,12,16H,2,7-8H2,1,3-4H3. The van der Waals surface area contributed by atoms with E-state index in [0.29, 0.717) is 11.7 Å². The highest BCUT2D eigenvalue weighted by atomic mass is 16.3. The third-order valence-corrected chi connectivity index (χ3v) is 4.30. The second-order valence-corrected chi connectivity index (χ2v) is 5.32. The van der Waals surface area contributed by atoms with Crippen LogP contribution in [0.1, 0.15) is 37.8 Å². The molecule has 0 heterocycles. The fraction of sp³-hybridized carbons (Fsp3) is 0.467. The third-order valence-electron chi connectivity index (χ3n) is 4.30. The summed E-state index contributed by atoms with van der Waals surface area (Å²) in [4.78, 5) is 0. The molecule has 0 bridgehead atoms. The first-order chi connectivity index (χ1) is 7.45. The van der Waals surface area contributed by atoms with Crippen LogP contribution in [0.3, 0.4) is 0 Å². The molecule has 1 fully saturated rings. The van der Waals surface area contributed by atoms with E-state index in [0.717, 1.165) is 24.0 Å². The molecule has 1 N–H and O–H groups in total. The number of phenolic OH excluding ortho intramolecular Hbond substituents is 1. The molecule has 1 aromatic carbocycles. The Labute approximate surface area is 97.8 Å². The Bertz CT molecular complexity index is 433. The number of aryl methyl sites for hydroxylation is 1. The number of hydrogen-bond acceptors (Lipinski definition) is 1. The second-order valence-electron chi connectivity index (χ2n) is 5.32. The average molecular weight is 216 g/mol. The van der Waals surface area contributed by atoms with Gasteiger partial charge in [0.2, 0.25) is 0 Å². The maximum atomic E-state index is 10.1. The van der Waals surface area contributed by atoms with E-state index in [1.807, 2.05) is 13.0 Å².